The largest absolute Gasteiger partial charge is 0.446 e. The Morgan fingerprint density at radius 1 is 1.33 bits per heavy atom. The highest BCUT2D eigenvalue weighted by Crippen LogP contribution is 2.08. The van der Waals surface area contributed by atoms with Crippen LogP contribution in [0.2, 0.25) is 0 Å². The van der Waals surface area contributed by atoms with E-state index in [0.29, 0.717) is 0 Å². The summed E-state index contributed by atoms with van der Waals surface area (Å²) in [4.78, 5) is 11.4. The minimum absolute atomic E-state index is 0. The second-order valence-corrected chi connectivity index (χ2v) is 4.73. The molecule has 1 rings (SSSR count). The van der Waals surface area contributed by atoms with Crippen LogP contribution in [0.15, 0.2) is 0 Å². The molecule has 1 aliphatic rings. The van der Waals surface area contributed by atoms with E-state index in [9.17, 15) is 4.79 Å². The molecule has 1 fully saturated rings. The number of hydrogen-bond acceptors (Lipinski definition) is 3. The Kier molecular flexibility index (Phi) is 5.65. The lowest BCUT2D eigenvalue weighted by atomic mass is 10.1. The first kappa shape index (κ1) is 14.2. The van der Waals surface area contributed by atoms with Gasteiger partial charge in [0.2, 0.25) is 0 Å². The maximum absolute atomic E-state index is 11.4. The molecule has 4 heteroatoms. The van der Waals surface area contributed by atoms with Crippen molar-refractivity contribution in [3.8, 4) is 0 Å². The zero-order valence-electron chi connectivity index (χ0n) is 9.22. The van der Waals surface area contributed by atoms with Crippen LogP contribution < -0.4 is 10.6 Å². The van der Waals surface area contributed by atoms with Crippen molar-refractivity contribution in [1.29, 1.82) is 0 Å². The Balaban J connectivity index is 0.00000196. The number of nitrogens with one attached hydrogen (secondary N) is 2. The van der Waals surface area contributed by atoms with Crippen LogP contribution in [0, 0.1) is 0 Å². The van der Waals surface area contributed by atoms with Gasteiger partial charge in [-0.05, 0) is 46.7 Å². The standard InChI is InChI=1S/C10H20N2O2.CH4/c1-10(2,3)12-9(13)14-8-4-6-11-7-5-8;/h8,11H,4-7H2,1-3H3,(H,12,13);1H4. The molecule has 90 valence electrons. The van der Waals surface area contributed by atoms with E-state index in [0.717, 1.165) is 25.9 Å². The predicted octanol–water partition coefficient (Wildman–Crippen LogP) is 1.90. The number of alkyl carbamates (subject to hydrolysis) is 1. The van der Waals surface area contributed by atoms with Crippen LogP contribution in [-0.2, 0) is 4.74 Å². The first-order valence-corrected chi connectivity index (χ1v) is 5.17. The van der Waals surface area contributed by atoms with Crippen LogP contribution in [0.5, 0.6) is 0 Å². The van der Waals surface area contributed by atoms with Crippen LogP contribution >= 0.6 is 0 Å². The average Bonchev–Trinajstić information content (AvgIpc) is 2.02. The summed E-state index contributed by atoms with van der Waals surface area (Å²) in [5.41, 5.74) is -0.218. The fourth-order valence-corrected chi connectivity index (χ4v) is 1.40. The van der Waals surface area contributed by atoms with Gasteiger partial charge in [-0.15, -0.1) is 0 Å². The van der Waals surface area contributed by atoms with E-state index in [-0.39, 0.29) is 25.2 Å². The third-order valence-electron chi connectivity index (χ3n) is 2.04. The lowest BCUT2D eigenvalue weighted by Gasteiger charge is -2.26. The molecule has 1 saturated heterocycles. The highest BCUT2D eigenvalue weighted by Gasteiger charge is 2.20. The highest BCUT2D eigenvalue weighted by molar-refractivity contribution is 5.68. The van der Waals surface area contributed by atoms with Crippen molar-refractivity contribution in [3.63, 3.8) is 0 Å². The van der Waals surface area contributed by atoms with Crippen molar-refractivity contribution in [3.05, 3.63) is 0 Å². The normalized spacial score (nSPS) is 17.8. The van der Waals surface area contributed by atoms with Crippen LogP contribution in [0.25, 0.3) is 0 Å². The number of ether oxygens (including phenoxy) is 1. The Hall–Kier alpha value is -0.770. The van der Waals surface area contributed by atoms with Crippen molar-refractivity contribution in [2.45, 2.75) is 52.7 Å². The molecule has 1 heterocycles. The maximum atomic E-state index is 11.4. The number of carbonyl (C=O) groups is 1. The predicted molar refractivity (Wildman–Crippen MR) is 62.0 cm³/mol. The van der Waals surface area contributed by atoms with Crippen LogP contribution in [0.3, 0.4) is 0 Å². The van der Waals surface area contributed by atoms with Gasteiger partial charge in [0.15, 0.2) is 0 Å². The van der Waals surface area contributed by atoms with Gasteiger partial charge in [-0.3, -0.25) is 0 Å². The fourth-order valence-electron chi connectivity index (χ4n) is 1.40. The van der Waals surface area contributed by atoms with Crippen molar-refractivity contribution in [2.24, 2.45) is 0 Å². The topological polar surface area (TPSA) is 50.4 Å². The molecule has 1 amide bonds. The van der Waals surface area contributed by atoms with Gasteiger partial charge in [0.1, 0.15) is 6.10 Å². The molecule has 15 heavy (non-hydrogen) atoms. The van der Waals surface area contributed by atoms with Crippen LogP contribution in [0.1, 0.15) is 41.0 Å². The molecule has 0 bridgehead atoms. The van der Waals surface area contributed by atoms with E-state index in [4.69, 9.17) is 4.74 Å². The van der Waals surface area contributed by atoms with Gasteiger partial charge >= 0.3 is 6.09 Å². The second-order valence-electron chi connectivity index (χ2n) is 4.73. The zero-order chi connectivity index (χ0) is 10.6. The Morgan fingerprint density at radius 3 is 2.33 bits per heavy atom. The summed E-state index contributed by atoms with van der Waals surface area (Å²) < 4.78 is 5.28. The lowest BCUT2D eigenvalue weighted by Crippen LogP contribution is -2.43. The van der Waals surface area contributed by atoms with Gasteiger partial charge in [-0.25, -0.2) is 4.79 Å². The minimum atomic E-state index is -0.301. The second kappa shape index (κ2) is 5.95. The van der Waals surface area contributed by atoms with Gasteiger partial charge in [-0.2, -0.15) is 0 Å². The van der Waals surface area contributed by atoms with E-state index in [1.807, 2.05) is 20.8 Å². The minimum Gasteiger partial charge on any atom is -0.446 e. The molecule has 0 aromatic heterocycles. The monoisotopic (exact) mass is 216 g/mol. The van der Waals surface area contributed by atoms with Gasteiger partial charge in [-0.1, -0.05) is 7.43 Å². The van der Waals surface area contributed by atoms with Crippen molar-refractivity contribution in [2.75, 3.05) is 13.1 Å². The summed E-state index contributed by atoms with van der Waals surface area (Å²) in [6.07, 6.45) is 1.61. The SMILES string of the molecule is C.CC(C)(C)NC(=O)OC1CCNCC1. The van der Waals surface area contributed by atoms with Crippen LogP contribution in [-0.4, -0.2) is 30.8 Å². The first-order valence-electron chi connectivity index (χ1n) is 5.17. The van der Waals surface area contributed by atoms with E-state index >= 15 is 0 Å². The molecular formula is C11H24N2O2. The molecular weight excluding hydrogens is 192 g/mol. The summed E-state index contributed by atoms with van der Waals surface area (Å²) in [5.74, 6) is 0. The number of hydrogen-bond donors (Lipinski definition) is 2. The molecule has 0 aliphatic carbocycles. The van der Waals surface area contributed by atoms with Gasteiger partial charge in [0, 0.05) is 5.54 Å². The molecule has 0 radical (unpaired) electrons. The van der Waals surface area contributed by atoms with Crippen molar-refractivity contribution in [1.82, 2.24) is 10.6 Å². The highest BCUT2D eigenvalue weighted by atomic mass is 16.6. The fraction of sp³-hybridized carbons (Fsp3) is 0.909. The first-order chi connectivity index (χ1) is 6.47. The number of rotatable bonds is 1. The summed E-state index contributed by atoms with van der Waals surface area (Å²) in [5, 5.41) is 6.01. The lowest BCUT2D eigenvalue weighted by molar-refractivity contribution is 0.0741. The Labute approximate surface area is 92.8 Å². The van der Waals surface area contributed by atoms with E-state index in [1.54, 1.807) is 0 Å². The Morgan fingerprint density at radius 2 is 1.87 bits per heavy atom. The molecule has 0 aromatic rings. The molecule has 0 saturated carbocycles. The van der Waals surface area contributed by atoms with Gasteiger partial charge < -0.3 is 15.4 Å². The quantitative estimate of drug-likeness (QED) is 0.704. The molecule has 0 unspecified atom stereocenters. The van der Waals surface area contributed by atoms with E-state index in [2.05, 4.69) is 10.6 Å². The molecule has 4 nitrogen and oxygen atoms in total. The number of amides is 1. The van der Waals surface area contributed by atoms with Crippen molar-refractivity contribution < 1.29 is 9.53 Å². The third-order valence-corrected chi connectivity index (χ3v) is 2.04. The molecule has 1 aliphatic heterocycles. The number of piperidine rings is 1. The van der Waals surface area contributed by atoms with E-state index < -0.39 is 0 Å². The van der Waals surface area contributed by atoms with Crippen molar-refractivity contribution >= 4 is 6.09 Å². The number of carbonyl (C=O) groups excluding carboxylic acids is 1. The molecule has 2 N–H and O–H groups in total. The summed E-state index contributed by atoms with van der Waals surface area (Å²) in [7, 11) is 0. The average molecular weight is 216 g/mol. The maximum Gasteiger partial charge on any atom is 0.407 e. The Bertz CT molecular complexity index is 193. The summed E-state index contributed by atoms with van der Waals surface area (Å²) >= 11 is 0. The summed E-state index contributed by atoms with van der Waals surface area (Å²) in [6.45, 7) is 7.70. The smallest absolute Gasteiger partial charge is 0.407 e. The van der Waals surface area contributed by atoms with E-state index in [1.165, 1.54) is 0 Å². The van der Waals surface area contributed by atoms with Gasteiger partial charge in [0.05, 0.1) is 0 Å². The molecule has 0 spiro atoms. The van der Waals surface area contributed by atoms with Gasteiger partial charge in [0.25, 0.3) is 0 Å². The zero-order valence-corrected chi connectivity index (χ0v) is 9.22. The molecule has 0 aromatic carbocycles. The van der Waals surface area contributed by atoms with Crippen LogP contribution in [0.4, 0.5) is 4.79 Å². The third kappa shape index (κ3) is 6.33. The molecule has 0 atom stereocenters. The summed E-state index contributed by atoms with van der Waals surface area (Å²) in [6, 6.07) is 0.